The van der Waals surface area contributed by atoms with Gasteiger partial charge in [-0.3, -0.25) is 0 Å². The van der Waals surface area contributed by atoms with E-state index in [-0.39, 0.29) is 24.8 Å². The van der Waals surface area contributed by atoms with Gasteiger partial charge in [-0.15, -0.1) is 0 Å². The zero-order chi connectivity index (χ0) is 29.3. The summed E-state index contributed by atoms with van der Waals surface area (Å²) in [4.78, 5) is 0. The average molecular weight is 668 g/mol. The number of allylic oxidation sites excluding steroid dienone is 4. The van der Waals surface area contributed by atoms with Crippen molar-refractivity contribution < 1.29 is 42.2 Å². The van der Waals surface area contributed by atoms with Crippen molar-refractivity contribution in [1.82, 2.24) is 0 Å². The maximum absolute atomic E-state index is 2.51. The molecule has 0 aromatic heterocycles. The van der Waals surface area contributed by atoms with Crippen LogP contribution in [0.3, 0.4) is 0 Å². The first-order valence-corrected chi connectivity index (χ1v) is 17.9. The molecule has 0 saturated heterocycles. The van der Waals surface area contributed by atoms with Crippen LogP contribution in [0.25, 0.3) is 33.4 Å². The Morgan fingerprint density at radius 3 is 1.33 bits per heavy atom. The first kappa shape index (κ1) is 31.9. The summed E-state index contributed by atoms with van der Waals surface area (Å²) in [6, 6.07) is 58.6. The monoisotopic (exact) mass is 666 g/mol. The zero-order valence-corrected chi connectivity index (χ0v) is 28.4. The molecule has 6 aromatic rings. The molecule has 2 aliphatic rings. The predicted octanol–water partition coefficient (Wildman–Crippen LogP) is 4.83. The van der Waals surface area contributed by atoms with E-state index < -0.39 is 17.4 Å². The largest absolute Gasteiger partial charge is 1.00 e. The Bertz CT molecular complexity index is 1930. The van der Waals surface area contributed by atoms with Crippen LogP contribution in [0.4, 0.5) is 0 Å². The van der Waals surface area contributed by atoms with Gasteiger partial charge in [0.1, 0.15) is 0 Å². The summed E-state index contributed by atoms with van der Waals surface area (Å²) in [5.74, 6) is 0. The van der Waals surface area contributed by atoms with Crippen molar-refractivity contribution in [2.24, 2.45) is 0 Å². The fourth-order valence-corrected chi connectivity index (χ4v) is 12.7. The van der Waals surface area contributed by atoms with Crippen LogP contribution in [0.1, 0.15) is 32.9 Å². The number of rotatable bonds is 6. The van der Waals surface area contributed by atoms with Gasteiger partial charge in [0.25, 0.3) is 0 Å². The molecule has 6 aromatic carbocycles. The Kier molecular flexibility index (Phi) is 9.83. The number of hydrogen-bond donors (Lipinski definition) is 0. The van der Waals surface area contributed by atoms with Crippen LogP contribution in [0.15, 0.2) is 180 Å². The van der Waals surface area contributed by atoms with E-state index in [0.29, 0.717) is 4.22 Å². The maximum atomic E-state index is 2.51. The number of fused-ring (bicyclic) bond motifs is 3. The predicted molar refractivity (Wildman–Crippen MR) is 183 cm³/mol. The third kappa shape index (κ3) is 5.95. The first-order valence-electron chi connectivity index (χ1n) is 15.5. The van der Waals surface area contributed by atoms with Crippen LogP contribution in [0, 0.1) is 0 Å². The van der Waals surface area contributed by atoms with Crippen molar-refractivity contribution in [3.63, 3.8) is 0 Å². The van der Waals surface area contributed by atoms with E-state index in [1.54, 1.807) is 7.69 Å². The van der Waals surface area contributed by atoms with Gasteiger partial charge in [-0.2, -0.15) is 0 Å². The van der Waals surface area contributed by atoms with Crippen LogP contribution in [0.2, 0.25) is 0 Å². The molecule has 0 fully saturated rings. The summed E-state index contributed by atoms with van der Waals surface area (Å²) in [5.41, 5.74) is 13.6. The minimum absolute atomic E-state index is 0. The number of hydrogen-bond acceptors (Lipinski definition) is 0. The van der Waals surface area contributed by atoms with Crippen LogP contribution in [-0.2, 0) is 17.4 Å². The van der Waals surface area contributed by atoms with E-state index in [0.717, 1.165) is 6.42 Å². The molecule has 0 unspecified atom stereocenters. The minimum Gasteiger partial charge on any atom is -1.00 e. The van der Waals surface area contributed by atoms with Crippen molar-refractivity contribution in [1.29, 1.82) is 0 Å². The first-order chi connectivity index (χ1) is 21.8. The topological polar surface area (TPSA) is 0 Å². The number of halogens is 2. The molecule has 8 rings (SSSR count). The van der Waals surface area contributed by atoms with E-state index >= 15 is 0 Å². The standard InChI is InChI=1S/C25H17.C13H10.C5H5.2ClH.Ti/c1-3-7-18(8-4-1)20-11-13-24-22(15-20)17-23-16-21(12-14-25(23)24)19-9-5-2-6-10-19;1-3-7-12(8-4-1)11-13-9-5-2-6-10-13;1-2-4-5-3-1;;;/h1-17H;1-10H;1-3H,4H2;2*1H;/q;;;;;+2/p-2. The molecule has 0 atom stereocenters. The Morgan fingerprint density at radius 2 is 0.913 bits per heavy atom. The van der Waals surface area contributed by atoms with Crippen LogP contribution >= 0.6 is 0 Å². The van der Waals surface area contributed by atoms with Crippen molar-refractivity contribution in [3.05, 3.63) is 202 Å². The molecule has 0 heterocycles. The molecular formula is C43H32Cl2Ti. The van der Waals surface area contributed by atoms with Gasteiger partial charge >= 0.3 is 267 Å². The van der Waals surface area contributed by atoms with Gasteiger partial charge in [0.2, 0.25) is 0 Å². The Labute approximate surface area is 290 Å². The molecule has 0 amide bonds. The maximum Gasteiger partial charge on any atom is -1.00 e. The fraction of sp³-hybridized carbons (Fsp3) is 0.0465. The zero-order valence-electron chi connectivity index (χ0n) is 25.3. The fourth-order valence-electron chi connectivity index (χ4n) is 7.02. The molecule has 2 aliphatic carbocycles. The molecule has 0 N–H and O–H groups in total. The average Bonchev–Trinajstić information content (AvgIpc) is 3.75. The van der Waals surface area contributed by atoms with Gasteiger partial charge in [0.15, 0.2) is 0 Å². The quantitative estimate of drug-likeness (QED) is 0.224. The molecular weight excluding hydrogens is 635 g/mol. The Morgan fingerprint density at radius 1 is 0.478 bits per heavy atom. The summed E-state index contributed by atoms with van der Waals surface area (Å²) in [7, 11) is 0. The smallest absolute Gasteiger partial charge is 1.00 e. The van der Waals surface area contributed by atoms with Crippen molar-refractivity contribution in [2.45, 2.75) is 10.6 Å². The van der Waals surface area contributed by atoms with E-state index in [9.17, 15) is 0 Å². The van der Waals surface area contributed by atoms with E-state index in [1.165, 1.54) is 55.6 Å². The second-order valence-electron chi connectivity index (χ2n) is 11.6. The van der Waals surface area contributed by atoms with Gasteiger partial charge < -0.3 is 24.8 Å². The van der Waals surface area contributed by atoms with Gasteiger partial charge in [-0.1, -0.05) is 0 Å². The molecule has 0 radical (unpaired) electrons. The van der Waals surface area contributed by atoms with Gasteiger partial charge in [-0.25, -0.2) is 0 Å². The molecule has 0 bridgehead atoms. The molecule has 3 heteroatoms. The molecule has 222 valence electrons. The van der Waals surface area contributed by atoms with Crippen molar-refractivity contribution in [3.8, 4) is 33.4 Å². The SMILES string of the molecule is C1=CC[C]([Ti+2](=[C](c2ccccc2)c2ccccc2)[CH]2c3cc(-c4ccccc4)ccc3-c3ccc(-c4ccccc4)cc32)=C1.[Cl-].[Cl-]. The van der Waals surface area contributed by atoms with Crippen LogP contribution in [-0.4, -0.2) is 3.81 Å². The summed E-state index contributed by atoms with van der Waals surface area (Å²) in [6.45, 7) is 0. The minimum atomic E-state index is -2.31. The second-order valence-corrected chi connectivity index (χ2v) is 15.6. The summed E-state index contributed by atoms with van der Waals surface area (Å²) < 4.78 is 3.51. The summed E-state index contributed by atoms with van der Waals surface area (Å²) in [5, 5.41) is 0. The van der Waals surface area contributed by atoms with Crippen molar-refractivity contribution in [2.75, 3.05) is 0 Å². The van der Waals surface area contributed by atoms with Crippen LogP contribution in [0.5, 0.6) is 0 Å². The second kappa shape index (κ2) is 14.2. The summed E-state index contributed by atoms with van der Waals surface area (Å²) in [6.07, 6.45) is 8.12. The van der Waals surface area contributed by atoms with Crippen molar-refractivity contribution >= 4 is 3.81 Å². The van der Waals surface area contributed by atoms with Gasteiger partial charge in [0.05, 0.1) is 0 Å². The van der Waals surface area contributed by atoms with E-state index in [1.807, 2.05) is 0 Å². The number of benzene rings is 6. The molecule has 46 heavy (non-hydrogen) atoms. The molecule has 0 aliphatic heterocycles. The van der Waals surface area contributed by atoms with Crippen LogP contribution < -0.4 is 24.8 Å². The molecule has 0 saturated carbocycles. The Hall–Kier alpha value is -4.04. The van der Waals surface area contributed by atoms with Gasteiger partial charge in [-0.05, 0) is 0 Å². The van der Waals surface area contributed by atoms with Gasteiger partial charge in [0, 0.05) is 0 Å². The molecule has 0 spiro atoms. The van der Waals surface area contributed by atoms with E-state index in [4.69, 9.17) is 0 Å². The third-order valence-electron chi connectivity index (χ3n) is 9.03. The molecule has 0 nitrogen and oxygen atoms in total. The normalized spacial score (nSPS) is 12.5. The third-order valence-corrected chi connectivity index (χ3v) is 14.3. The Balaban J connectivity index is 0.00000186. The summed E-state index contributed by atoms with van der Waals surface area (Å²) >= 11 is -2.31. The van der Waals surface area contributed by atoms with E-state index in [2.05, 4.69) is 176 Å².